The molecule has 0 amide bonds. The van der Waals surface area contributed by atoms with E-state index in [4.69, 9.17) is 5.73 Å². The average molecular weight is 265 g/mol. The third kappa shape index (κ3) is 2.46. The highest BCUT2D eigenvalue weighted by molar-refractivity contribution is 7.09. The maximum absolute atomic E-state index is 5.88. The summed E-state index contributed by atoms with van der Waals surface area (Å²) in [6.45, 7) is 4.30. The van der Waals surface area contributed by atoms with Gasteiger partial charge in [0, 0.05) is 18.0 Å². The van der Waals surface area contributed by atoms with Crippen molar-refractivity contribution in [2.24, 2.45) is 11.7 Å². The van der Waals surface area contributed by atoms with Crippen LogP contribution in [0.5, 0.6) is 0 Å². The van der Waals surface area contributed by atoms with Gasteiger partial charge >= 0.3 is 0 Å². The largest absolute Gasteiger partial charge is 0.322 e. The lowest BCUT2D eigenvalue weighted by Gasteiger charge is -2.37. The van der Waals surface area contributed by atoms with Crippen molar-refractivity contribution < 1.29 is 0 Å². The number of fused-ring (bicyclic) bond motifs is 1. The van der Waals surface area contributed by atoms with Crippen LogP contribution < -0.4 is 5.73 Å². The minimum absolute atomic E-state index is 0.0735. The third-order valence-electron chi connectivity index (χ3n) is 4.43. The molecule has 2 heterocycles. The molecule has 100 valence electrons. The highest BCUT2D eigenvalue weighted by atomic mass is 32.1. The predicted molar refractivity (Wildman–Crippen MR) is 75.5 cm³/mol. The number of hydrogen-bond acceptors (Lipinski definition) is 4. The number of nitrogens with zero attached hydrogens (tertiary/aromatic N) is 2. The van der Waals surface area contributed by atoms with Crippen molar-refractivity contribution in [2.45, 2.75) is 57.7 Å². The van der Waals surface area contributed by atoms with E-state index >= 15 is 0 Å². The van der Waals surface area contributed by atoms with Crippen molar-refractivity contribution in [2.75, 3.05) is 6.54 Å². The van der Waals surface area contributed by atoms with Crippen LogP contribution in [0.2, 0.25) is 0 Å². The molecule has 0 radical (unpaired) electrons. The molecule has 3 unspecified atom stereocenters. The van der Waals surface area contributed by atoms with Crippen molar-refractivity contribution in [3.8, 4) is 0 Å². The molecule has 2 aliphatic rings. The van der Waals surface area contributed by atoms with Crippen molar-refractivity contribution in [1.29, 1.82) is 0 Å². The van der Waals surface area contributed by atoms with E-state index in [-0.39, 0.29) is 6.04 Å². The van der Waals surface area contributed by atoms with Gasteiger partial charge in [-0.1, -0.05) is 6.42 Å². The first-order chi connectivity index (χ1) is 8.74. The molecule has 1 aromatic rings. The lowest BCUT2D eigenvalue weighted by Crippen LogP contribution is -2.41. The van der Waals surface area contributed by atoms with Gasteiger partial charge in [-0.25, -0.2) is 4.98 Å². The Morgan fingerprint density at radius 3 is 3.06 bits per heavy atom. The molecule has 3 nitrogen and oxygen atoms in total. The quantitative estimate of drug-likeness (QED) is 0.913. The second-order valence-electron chi connectivity index (χ2n) is 5.84. The molecular formula is C14H23N3S. The lowest BCUT2D eigenvalue weighted by atomic mass is 9.92. The zero-order valence-corrected chi connectivity index (χ0v) is 12.0. The molecule has 0 bridgehead atoms. The van der Waals surface area contributed by atoms with E-state index in [1.54, 1.807) is 11.3 Å². The number of hydrogen-bond donors (Lipinski definition) is 1. The molecule has 2 fully saturated rings. The first kappa shape index (κ1) is 12.6. The van der Waals surface area contributed by atoms with Crippen molar-refractivity contribution in [3.63, 3.8) is 0 Å². The normalized spacial score (nSPS) is 30.3. The number of piperidine rings is 1. The smallest absolute Gasteiger partial charge is 0.109 e. The molecule has 0 spiro atoms. The molecular weight excluding hydrogens is 242 g/mol. The standard InChI is InChI=1S/C14H23N3S/c1-10(15)14-16-12(9-18-14)8-17-7-3-5-11-4-2-6-13(11)17/h9-11,13H,2-8,15H2,1H3. The summed E-state index contributed by atoms with van der Waals surface area (Å²) in [4.78, 5) is 7.34. The number of thiazole rings is 1. The van der Waals surface area contributed by atoms with Crippen LogP contribution in [-0.2, 0) is 6.54 Å². The van der Waals surface area contributed by atoms with Gasteiger partial charge < -0.3 is 5.73 Å². The Kier molecular flexibility index (Phi) is 3.68. The van der Waals surface area contributed by atoms with Crippen LogP contribution in [-0.4, -0.2) is 22.5 Å². The minimum Gasteiger partial charge on any atom is -0.322 e. The predicted octanol–water partition coefficient (Wildman–Crippen LogP) is 2.93. The molecule has 1 saturated carbocycles. The third-order valence-corrected chi connectivity index (χ3v) is 5.53. The van der Waals surface area contributed by atoms with Gasteiger partial charge in [-0.3, -0.25) is 4.90 Å². The van der Waals surface area contributed by atoms with E-state index in [9.17, 15) is 0 Å². The molecule has 18 heavy (non-hydrogen) atoms. The van der Waals surface area contributed by atoms with E-state index in [0.29, 0.717) is 0 Å². The van der Waals surface area contributed by atoms with Gasteiger partial charge in [0.25, 0.3) is 0 Å². The van der Waals surface area contributed by atoms with Gasteiger partial charge in [-0.05, 0) is 45.1 Å². The number of aromatic nitrogens is 1. The number of rotatable bonds is 3. The summed E-state index contributed by atoms with van der Waals surface area (Å²) in [5.74, 6) is 0.963. The molecule has 1 aliphatic carbocycles. The molecule has 4 heteroatoms. The van der Waals surface area contributed by atoms with Gasteiger partial charge in [0.1, 0.15) is 5.01 Å². The SMILES string of the molecule is CC(N)c1nc(CN2CCCC3CCCC32)cs1. The van der Waals surface area contributed by atoms with Crippen LogP contribution in [0, 0.1) is 5.92 Å². The highest BCUT2D eigenvalue weighted by Gasteiger charge is 2.34. The minimum atomic E-state index is 0.0735. The van der Waals surface area contributed by atoms with Gasteiger partial charge in [0.15, 0.2) is 0 Å². The molecule has 3 rings (SSSR count). The van der Waals surface area contributed by atoms with Crippen LogP contribution >= 0.6 is 11.3 Å². The molecule has 0 aromatic carbocycles. The van der Waals surface area contributed by atoms with Gasteiger partial charge in [-0.2, -0.15) is 0 Å². The summed E-state index contributed by atoms with van der Waals surface area (Å²) in [5.41, 5.74) is 7.10. The van der Waals surface area contributed by atoms with Crippen molar-refractivity contribution in [1.82, 2.24) is 9.88 Å². The summed E-state index contributed by atoms with van der Waals surface area (Å²) in [5, 5.41) is 3.27. The number of likely N-dealkylation sites (tertiary alicyclic amines) is 1. The Morgan fingerprint density at radius 1 is 1.44 bits per heavy atom. The second kappa shape index (κ2) is 5.27. The van der Waals surface area contributed by atoms with Crippen LogP contribution in [0.25, 0.3) is 0 Å². The van der Waals surface area contributed by atoms with E-state index in [0.717, 1.165) is 23.5 Å². The summed E-state index contributed by atoms with van der Waals surface area (Å²) in [6.07, 6.45) is 7.08. The summed E-state index contributed by atoms with van der Waals surface area (Å²) < 4.78 is 0. The fourth-order valence-electron chi connectivity index (χ4n) is 3.57. The van der Waals surface area contributed by atoms with Crippen LogP contribution in [0.3, 0.4) is 0 Å². The lowest BCUT2D eigenvalue weighted by molar-refractivity contribution is 0.104. The highest BCUT2D eigenvalue weighted by Crippen LogP contribution is 2.37. The van der Waals surface area contributed by atoms with Crippen LogP contribution in [0.15, 0.2) is 5.38 Å². The Hall–Kier alpha value is -0.450. The second-order valence-corrected chi connectivity index (χ2v) is 6.73. The van der Waals surface area contributed by atoms with E-state index in [1.165, 1.54) is 44.3 Å². The monoisotopic (exact) mass is 265 g/mol. The first-order valence-corrected chi connectivity index (χ1v) is 8.06. The van der Waals surface area contributed by atoms with Crippen molar-refractivity contribution in [3.05, 3.63) is 16.1 Å². The van der Waals surface area contributed by atoms with E-state index < -0.39 is 0 Å². The topological polar surface area (TPSA) is 42.1 Å². The summed E-state index contributed by atoms with van der Waals surface area (Å²) >= 11 is 1.71. The Balaban J connectivity index is 1.67. The number of nitrogens with two attached hydrogens (primary N) is 1. The molecule has 1 aromatic heterocycles. The Morgan fingerprint density at radius 2 is 2.28 bits per heavy atom. The zero-order chi connectivity index (χ0) is 12.5. The summed E-state index contributed by atoms with van der Waals surface area (Å²) in [6, 6.07) is 0.906. The zero-order valence-electron chi connectivity index (χ0n) is 11.1. The van der Waals surface area contributed by atoms with E-state index in [1.807, 2.05) is 6.92 Å². The van der Waals surface area contributed by atoms with Gasteiger partial charge in [-0.15, -0.1) is 11.3 Å². The molecule has 1 aliphatic heterocycles. The van der Waals surface area contributed by atoms with Gasteiger partial charge in [0.05, 0.1) is 11.7 Å². The maximum atomic E-state index is 5.88. The van der Waals surface area contributed by atoms with Crippen LogP contribution in [0.4, 0.5) is 0 Å². The molecule has 3 atom stereocenters. The van der Waals surface area contributed by atoms with Crippen LogP contribution in [0.1, 0.15) is 55.8 Å². The molecule has 2 N–H and O–H groups in total. The first-order valence-electron chi connectivity index (χ1n) is 7.18. The Labute approximate surface area is 113 Å². The fraction of sp³-hybridized carbons (Fsp3) is 0.786. The van der Waals surface area contributed by atoms with Gasteiger partial charge in [0.2, 0.25) is 0 Å². The fourth-order valence-corrected chi connectivity index (χ4v) is 4.33. The van der Waals surface area contributed by atoms with E-state index in [2.05, 4.69) is 15.3 Å². The maximum Gasteiger partial charge on any atom is 0.109 e. The summed E-state index contributed by atoms with van der Waals surface area (Å²) in [7, 11) is 0. The average Bonchev–Trinajstić information content (AvgIpc) is 2.97. The molecule has 1 saturated heterocycles. The Bertz CT molecular complexity index is 401. The van der Waals surface area contributed by atoms with Crippen molar-refractivity contribution >= 4 is 11.3 Å².